The molecule has 0 aliphatic heterocycles. The first-order valence-electron chi connectivity index (χ1n) is 5.15. The van der Waals surface area contributed by atoms with Gasteiger partial charge in [-0.15, -0.1) is 0 Å². The Labute approximate surface area is 113 Å². The maximum atomic E-state index is 11.1. The summed E-state index contributed by atoms with van der Waals surface area (Å²) >= 11 is 15.2. The SMILES string of the molecule is O=C1CC(CCc2ccc(Br)cc2)C1(Cl)Cl. The second-order valence-corrected chi connectivity index (χ2v) is 6.41. The maximum Gasteiger partial charge on any atom is 0.179 e. The summed E-state index contributed by atoms with van der Waals surface area (Å²) in [4.78, 5) is 11.1. The van der Waals surface area contributed by atoms with Gasteiger partial charge in [0.25, 0.3) is 0 Å². The van der Waals surface area contributed by atoms with Crippen LogP contribution in [-0.2, 0) is 11.2 Å². The minimum absolute atomic E-state index is 0.0448. The molecule has 0 N–H and O–H groups in total. The number of hydrogen-bond acceptors (Lipinski definition) is 1. The van der Waals surface area contributed by atoms with Gasteiger partial charge in [-0.1, -0.05) is 51.3 Å². The molecular weight excluding hydrogens is 311 g/mol. The molecule has 1 saturated carbocycles. The van der Waals surface area contributed by atoms with Gasteiger partial charge in [-0.3, -0.25) is 4.79 Å². The lowest BCUT2D eigenvalue weighted by Gasteiger charge is -2.37. The second kappa shape index (κ2) is 4.67. The zero-order valence-electron chi connectivity index (χ0n) is 8.55. The van der Waals surface area contributed by atoms with E-state index < -0.39 is 4.33 Å². The molecule has 1 aromatic carbocycles. The van der Waals surface area contributed by atoms with Gasteiger partial charge in [0.1, 0.15) is 0 Å². The lowest BCUT2D eigenvalue weighted by atomic mass is 9.79. The molecule has 2 rings (SSSR count). The molecule has 1 nitrogen and oxygen atoms in total. The first-order chi connectivity index (χ1) is 7.50. The van der Waals surface area contributed by atoms with Crippen LogP contribution in [-0.4, -0.2) is 10.1 Å². The fraction of sp³-hybridized carbons (Fsp3) is 0.417. The normalized spacial score (nSPS) is 22.9. The number of hydrogen-bond donors (Lipinski definition) is 0. The van der Waals surface area contributed by atoms with Crippen LogP contribution in [0.25, 0.3) is 0 Å². The number of halogens is 3. The summed E-state index contributed by atoms with van der Waals surface area (Å²) in [5, 5.41) is 0. The fourth-order valence-electron chi connectivity index (χ4n) is 1.86. The number of benzene rings is 1. The Morgan fingerprint density at radius 3 is 2.44 bits per heavy atom. The molecule has 0 heterocycles. The smallest absolute Gasteiger partial charge is 0.179 e. The van der Waals surface area contributed by atoms with Gasteiger partial charge in [-0.25, -0.2) is 0 Å². The molecule has 1 aliphatic rings. The van der Waals surface area contributed by atoms with E-state index in [-0.39, 0.29) is 11.7 Å². The van der Waals surface area contributed by atoms with Crippen LogP contribution in [0.2, 0.25) is 0 Å². The topological polar surface area (TPSA) is 17.1 Å². The molecular formula is C12H11BrCl2O. The highest BCUT2D eigenvalue weighted by Crippen LogP contribution is 2.46. The van der Waals surface area contributed by atoms with Gasteiger partial charge in [0, 0.05) is 16.8 Å². The summed E-state index contributed by atoms with van der Waals surface area (Å²) in [6.45, 7) is 0. The van der Waals surface area contributed by atoms with E-state index in [9.17, 15) is 4.79 Å². The molecule has 16 heavy (non-hydrogen) atoms. The highest BCUT2D eigenvalue weighted by molar-refractivity contribution is 9.10. The zero-order valence-corrected chi connectivity index (χ0v) is 11.6. The van der Waals surface area contributed by atoms with Crippen molar-refractivity contribution in [3.8, 4) is 0 Å². The van der Waals surface area contributed by atoms with Crippen molar-refractivity contribution in [2.45, 2.75) is 23.6 Å². The van der Waals surface area contributed by atoms with E-state index >= 15 is 0 Å². The Kier molecular flexibility index (Phi) is 3.62. The summed E-state index contributed by atoms with van der Waals surface area (Å²) in [7, 11) is 0. The van der Waals surface area contributed by atoms with Crippen molar-refractivity contribution in [1.82, 2.24) is 0 Å². The summed E-state index contributed by atoms with van der Waals surface area (Å²) in [6, 6.07) is 8.15. The lowest BCUT2D eigenvalue weighted by molar-refractivity contribution is -0.128. The molecule has 1 atom stereocenters. The van der Waals surface area contributed by atoms with Gasteiger partial charge in [-0.05, 0) is 30.5 Å². The summed E-state index contributed by atoms with van der Waals surface area (Å²) < 4.78 is -0.0610. The van der Waals surface area contributed by atoms with E-state index in [4.69, 9.17) is 23.2 Å². The van der Waals surface area contributed by atoms with Crippen molar-refractivity contribution in [3.63, 3.8) is 0 Å². The van der Waals surface area contributed by atoms with Gasteiger partial charge in [0.15, 0.2) is 10.1 Å². The Hall–Kier alpha value is -0.0500. The fourth-order valence-corrected chi connectivity index (χ4v) is 2.65. The van der Waals surface area contributed by atoms with Crippen molar-refractivity contribution < 1.29 is 4.79 Å². The molecule has 0 spiro atoms. The molecule has 1 aromatic rings. The molecule has 4 heteroatoms. The largest absolute Gasteiger partial charge is 0.296 e. The van der Waals surface area contributed by atoms with Crippen molar-refractivity contribution in [3.05, 3.63) is 34.3 Å². The number of rotatable bonds is 3. The third-order valence-electron chi connectivity index (χ3n) is 3.01. The predicted octanol–water partition coefficient (Wildman–Crippen LogP) is 4.14. The van der Waals surface area contributed by atoms with Gasteiger partial charge in [0.2, 0.25) is 0 Å². The number of ketones is 1. The third kappa shape index (κ3) is 2.44. The molecule has 0 saturated heterocycles. The molecule has 1 aliphatic carbocycles. The van der Waals surface area contributed by atoms with E-state index in [2.05, 4.69) is 28.1 Å². The second-order valence-electron chi connectivity index (χ2n) is 4.11. The first kappa shape index (κ1) is 12.4. The van der Waals surface area contributed by atoms with Crippen LogP contribution in [0, 0.1) is 5.92 Å². The van der Waals surface area contributed by atoms with Crippen molar-refractivity contribution >= 4 is 44.9 Å². The van der Waals surface area contributed by atoms with Gasteiger partial charge >= 0.3 is 0 Å². The average molecular weight is 322 g/mol. The average Bonchev–Trinajstić information content (AvgIpc) is 2.26. The van der Waals surface area contributed by atoms with Gasteiger partial charge in [0.05, 0.1) is 0 Å². The zero-order chi connectivity index (χ0) is 11.8. The maximum absolute atomic E-state index is 11.1. The Bertz CT molecular complexity index is 400. The number of Topliss-reactive ketones (excluding diaryl/α,β-unsaturated/α-hetero) is 1. The monoisotopic (exact) mass is 320 g/mol. The molecule has 0 amide bonds. The number of carbonyl (C=O) groups is 1. The number of alkyl halides is 2. The van der Waals surface area contributed by atoms with E-state index in [1.807, 2.05) is 12.1 Å². The molecule has 0 aromatic heterocycles. The van der Waals surface area contributed by atoms with E-state index in [1.165, 1.54) is 5.56 Å². The highest BCUT2D eigenvalue weighted by atomic mass is 79.9. The van der Waals surface area contributed by atoms with Crippen LogP contribution >= 0.6 is 39.1 Å². The van der Waals surface area contributed by atoms with E-state index in [0.29, 0.717) is 6.42 Å². The minimum atomic E-state index is -1.13. The molecule has 86 valence electrons. The van der Waals surface area contributed by atoms with Crippen LogP contribution in [0.4, 0.5) is 0 Å². The quantitative estimate of drug-likeness (QED) is 0.764. The molecule has 0 radical (unpaired) electrons. The molecule has 1 unspecified atom stereocenters. The Balaban J connectivity index is 1.89. The van der Waals surface area contributed by atoms with Gasteiger partial charge in [-0.2, -0.15) is 0 Å². The number of carbonyl (C=O) groups excluding carboxylic acids is 1. The van der Waals surface area contributed by atoms with Crippen molar-refractivity contribution in [2.75, 3.05) is 0 Å². The lowest BCUT2D eigenvalue weighted by Crippen LogP contribution is -2.47. The Morgan fingerprint density at radius 2 is 1.94 bits per heavy atom. The van der Waals surface area contributed by atoms with Crippen molar-refractivity contribution in [2.24, 2.45) is 5.92 Å². The van der Waals surface area contributed by atoms with Crippen LogP contribution < -0.4 is 0 Å². The van der Waals surface area contributed by atoms with Gasteiger partial charge < -0.3 is 0 Å². The molecule has 0 bridgehead atoms. The van der Waals surface area contributed by atoms with Crippen LogP contribution in [0.5, 0.6) is 0 Å². The third-order valence-corrected chi connectivity index (χ3v) is 4.58. The summed E-state index contributed by atoms with van der Waals surface area (Å²) in [5.74, 6) is 0.0589. The summed E-state index contributed by atoms with van der Waals surface area (Å²) in [5.41, 5.74) is 1.24. The van der Waals surface area contributed by atoms with E-state index in [0.717, 1.165) is 17.3 Å². The van der Waals surface area contributed by atoms with Crippen LogP contribution in [0.15, 0.2) is 28.7 Å². The Morgan fingerprint density at radius 1 is 1.31 bits per heavy atom. The minimum Gasteiger partial charge on any atom is -0.296 e. The van der Waals surface area contributed by atoms with Crippen molar-refractivity contribution in [1.29, 1.82) is 0 Å². The number of aryl methyl sites for hydroxylation is 1. The predicted molar refractivity (Wildman–Crippen MR) is 70.0 cm³/mol. The molecule has 1 fully saturated rings. The standard InChI is InChI=1S/C12H11BrCl2O/c13-10-5-2-8(3-6-10)1-4-9-7-11(16)12(9,14)15/h2-3,5-6,9H,1,4,7H2. The van der Waals surface area contributed by atoms with Crippen LogP contribution in [0.1, 0.15) is 18.4 Å². The van der Waals surface area contributed by atoms with Crippen LogP contribution in [0.3, 0.4) is 0 Å². The first-order valence-corrected chi connectivity index (χ1v) is 6.70. The summed E-state index contributed by atoms with van der Waals surface area (Å²) in [6.07, 6.45) is 2.29. The van der Waals surface area contributed by atoms with E-state index in [1.54, 1.807) is 0 Å². The highest BCUT2D eigenvalue weighted by Gasteiger charge is 2.51.